The largest absolute Gasteiger partial charge is 0.389 e. The number of nitrogens with zero attached hydrogens (tertiary/aromatic N) is 1. The van der Waals surface area contributed by atoms with Gasteiger partial charge in [0.2, 0.25) is 0 Å². The van der Waals surface area contributed by atoms with E-state index in [0.29, 0.717) is 4.99 Å². The molecule has 3 nitrogen and oxygen atoms in total. The van der Waals surface area contributed by atoms with Crippen LogP contribution in [-0.4, -0.2) is 9.97 Å². The van der Waals surface area contributed by atoms with E-state index in [9.17, 15) is 0 Å². The van der Waals surface area contributed by atoms with Gasteiger partial charge in [-0.15, -0.1) is 0 Å². The lowest BCUT2D eigenvalue weighted by atomic mass is 10.0. The molecule has 0 saturated heterocycles. The number of pyridine rings is 1. The maximum atomic E-state index is 5.81. The molecule has 0 aliphatic heterocycles. The minimum Gasteiger partial charge on any atom is -0.389 e. The number of rotatable bonds is 3. The fourth-order valence-electron chi connectivity index (χ4n) is 2.38. The second-order valence-corrected chi connectivity index (χ2v) is 5.27. The Labute approximate surface area is 128 Å². The number of hydrogen-bond acceptors (Lipinski definition) is 3. The van der Waals surface area contributed by atoms with Crippen molar-refractivity contribution in [3.63, 3.8) is 0 Å². The second-order valence-electron chi connectivity index (χ2n) is 4.83. The molecule has 3 rings (SSSR count). The first-order valence-electron chi connectivity index (χ1n) is 6.67. The van der Waals surface area contributed by atoms with Crippen LogP contribution >= 0.6 is 12.2 Å². The molecule has 0 atom stereocenters. The third kappa shape index (κ3) is 2.58. The summed E-state index contributed by atoms with van der Waals surface area (Å²) in [7, 11) is 0. The van der Waals surface area contributed by atoms with E-state index < -0.39 is 0 Å². The first-order valence-corrected chi connectivity index (χ1v) is 7.08. The molecule has 104 valence electrons. The summed E-state index contributed by atoms with van der Waals surface area (Å²) in [6, 6.07) is 16.0. The Kier molecular flexibility index (Phi) is 3.54. The monoisotopic (exact) mass is 293 g/mol. The second kappa shape index (κ2) is 5.50. The summed E-state index contributed by atoms with van der Waals surface area (Å²) in [5, 5.41) is 5.58. The molecular weight excluding hydrogens is 278 g/mol. The Hall–Kier alpha value is -2.46. The quantitative estimate of drug-likeness (QED) is 0.719. The summed E-state index contributed by atoms with van der Waals surface area (Å²) in [6.07, 6.45) is 1.79. The molecule has 0 unspecified atom stereocenters. The Morgan fingerprint density at radius 3 is 2.48 bits per heavy atom. The molecule has 0 aliphatic rings. The van der Waals surface area contributed by atoms with Crippen LogP contribution in [0, 0.1) is 6.92 Å². The molecule has 3 aromatic rings. The first-order chi connectivity index (χ1) is 10.2. The van der Waals surface area contributed by atoms with Gasteiger partial charge in [-0.25, -0.2) is 0 Å². The molecule has 3 N–H and O–H groups in total. The fraction of sp³-hybridized carbons (Fsp3) is 0.0588. The fourth-order valence-corrected chi connectivity index (χ4v) is 2.56. The molecule has 0 spiro atoms. The van der Waals surface area contributed by atoms with Gasteiger partial charge in [-0.05, 0) is 36.6 Å². The van der Waals surface area contributed by atoms with Gasteiger partial charge in [0.25, 0.3) is 0 Å². The highest BCUT2D eigenvalue weighted by molar-refractivity contribution is 7.80. The molecule has 0 amide bonds. The lowest BCUT2D eigenvalue weighted by Crippen LogP contribution is -2.10. The molecular formula is C17H15N3S. The van der Waals surface area contributed by atoms with Crippen molar-refractivity contribution < 1.29 is 0 Å². The van der Waals surface area contributed by atoms with Gasteiger partial charge in [-0.3, -0.25) is 4.98 Å². The van der Waals surface area contributed by atoms with Crippen LogP contribution in [0.25, 0.3) is 10.8 Å². The molecule has 0 bridgehead atoms. The zero-order chi connectivity index (χ0) is 14.8. The third-order valence-electron chi connectivity index (χ3n) is 3.47. The number of aromatic nitrogens is 1. The molecule has 0 aliphatic carbocycles. The van der Waals surface area contributed by atoms with Crippen LogP contribution in [0.5, 0.6) is 0 Å². The summed E-state index contributed by atoms with van der Waals surface area (Å²) < 4.78 is 0. The van der Waals surface area contributed by atoms with Crippen LogP contribution in [0.15, 0.2) is 54.7 Å². The van der Waals surface area contributed by atoms with Crippen molar-refractivity contribution in [1.82, 2.24) is 4.98 Å². The first kappa shape index (κ1) is 13.5. The average molecular weight is 293 g/mol. The lowest BCUT2D eigenvalue weighted by molar-refractivity contribution is 1.20. The van der Waals surface area contributed by atoms with E-state index in [1.165, 1.54) is 0 Å². The highest BCUT2D eigenvalue weighted by Gasteiger charge is 2.08. The van der Waals surface area contributed by atoms with Gasteiger partial charge in [0.1, 0.15) is 4.99 Å². The van der Waals surface area contributed by atoms with Crippen LogP contribution in [0.4, 0.5) is 11.4 Å². The molecule has 0 radical (unpaired) electrons. The molecule has 21 heavy (non-hydrogen) atoms. The van der Waals surface area contributed by atoms with Crippen molar-refractivity contribution in [3.8, 4) is 0 Å². The Balaban J connectivity index is 2.14. The average Bonchev–Trinajstić information content (AvgIpc) is 2.49. The van der Waals surface area contributed by atoms with Gasteiger partial charge in [0.05, 0.1) is 11.4 Å². The van der Waals surface area contributed by atoms with E-state index in [0.717, 1.165) is 33.4 Å². The molecule has 1 aromatic heterocycles. The maximum Gasteiger partial charge on any atom is 0.104 e. The molecule has 0 saturated carbocycles. The van der Waals surface area contributed by atoms with Gasteiger partial charge in [0, 0.05) is 22.8 Å². The highest BCUT2D eigenvalue weighted by atomic mass is 32.1. The smallest absolute Gasteiger partial charge is 0.104 e. The van der Waals surface area contributed by atoms with Crippen LogP contribution in [0.1, 0.15) is 11.3 Å². The number of fused-ring (bicyclic) bond motifs is 1. The molecule has 0 fully saturated rings. The van der Waals surface area contributed by atoms with Gasteiger partial charge in [0.15, 0.2) is 0 Å². The van der Waals surface area contributed by atoms with E-state index in [-0.39, 0.29) is 0 Å². The SMILES string of the molecule is Cc1ncccc1Nc1ccc(C(N)=S)c2ccccc12. The number of anilines is 2. The summed E-state index contributed by atoms with van der Waals surface area (Å²) in [5.41, 5.74) is 9.67. The van der Waals surface area contributed by atoms with E-state index in [1.54, 1.807) is 6.20 Å². The van der Waals surface area contributed by atoms with E-state index >= 15 is 0 Å². The standard InChI is InChI=1S/C17H15N3S/c1-11-15(7-4-10-19-11)20-16-9-8-14(17(18)21)12-5-2-3-6-13(12)16/h2-10,20H,1H3,(H2,18,21). The van der Waals surface area contributed by atoms with Crippen molar-refractivity contribution in [2.24, 2.45) is 5.73 Å². The zero-order valence-electron chi connectivity index (χ0n) is 11.6. The van der Waals surface area contributed by atoms with Crippen molar-refractivity contribution >= 4 is 39.4 Å². The topological polar surface area (TPSA) is 50.9 Å². The van der Waals surface area contributed by atoms with Crippen molar-refractivity contribution in [2.75, 3.05) is 5.32 Å². The molecule has 1 heterocycles. The minimum atomic E-state index is 0.412. The third-order valence-corrected chi connectivity index (χ3v) is 3.69. The van der Waals surface area contributed by atoms with Crippen molar-refractivity contribution in [1.29, 1.82) is 0 Å². The Morgan fingerprint density at radius 1 is 1.00 bits per heavy atom. The minimum absolute atomic E-state index is 0.412. The highest BCUT2D eigenvalue weighted by Crippen LogP contribution is 2.29. The number of nitrogens with two attached hydrogens (primary N) is 1. The number of aryl methyl sites for hydroxylation is 1. The normalized spacial score (nSPS) is 10.5. The predicted molar refractivity (Wildman–Crippen MR) is 92.1 cm³/mol. The summed E-state index contributed by atoms with van der Waals surface area (Å²) in [6.45, 7) is 1.98. The molecule has 2 aromatic carbocycles. The number of thiocarbonyl (C=S) groups is 1. The lowest BCUT2D eigenvalue weighted by Gasteiger charge is -2.13. The van der Waals surface area contributed by atoms with Crippen molar-refractivity contribution in [3.05, 3.63) is 66.0 Å². The number of nitrogens with one attached hydrogen (secondary N) is 1. The van der Waals surface area contributed by atoms with E-state index in [4.69, 9.17) is 18.0 Å². The van der Waals surface area contributed by atoms with E-state index in [1.807, 2.05) is 49.4 Å². The maximum absolute atomic E-state index is 5.81. The van der Waals surface area contributed by atoms with Gasteiger partial charge in [-0.2, -0.15) is 0 Å². The van der Waals surface area contributed by atoms with Crippen LogP contribution < -0.4 is 11.1 Å². The predicted octanol–water partition coefficient (Wildman–Crippen LogP) is 3.92. The Morgan fingerprint density at radius 2 is 1.76 bits per heavy atom. The van der Waals surface area contributed by atoms with Crippen LogP contribution in [-0.2, 0) is 0 Å². The number of hydrogen-bond donors (Lipinski definition) is 2. The number of benzene rings is 2. The molecule has 4 heteroatoms. The van der Waals surface area contributed by atoms with Crippen LogP contribution in [0.2, 0.25) is 0 Å². The summed E-state index contributed by atoms with van der Waals surface area (Å²) in [4.78, 5) is 4.71. The van der Waals surface area contributed by atoms with Gasteiger partial charge in [-0.1, -0.05) is 36.5 Å². The van der Waals surface area contributed by atoms with Gasteiger partial charge < -0.3 is 11.1 Å². The van der Waals surface area contributed by atoms with Crippen LogP contribution in [0.3, 0.4) is 0 Å². The summed E-state index contributed by atoms with van der Waals surface area (Å²) >= 11 is 5.13. The van der Waals surface area contributed by atoms with Gasteiger partial charge >= 0.3 is 0 Å². The van der Waals surface area contributed by atoms with E-state index in [2.05, 4.69) is 16.4 Å². The van der Waals surface area contributed by atoms with Crippen molar-refractivity contribution in [2.45, 2.75) is 6.92 Å². The zero-order valence-corrected chi connectivity index (χ0v) is 12.4. The summed E-state index contributed by atoms with van der Waals surface area (Å²) in [5.74, 6) is 0. The Bertz CT molecular complexity index is 827.